The lowest BCUT2D eigenvalue weighted by Crippen LogP contribution is -2.02. The molecule has 0 spiro atoms. The molecular formula is C13H12ClFN2O. The van der Waals surface area contributed by atoms with Gasteiger partial charge in [-0.1, -0.05) is 17.7 Å². The third-order valence-electron chi connectivity index (χ3n) is 2.42. The zero-order valence-corrected chi connectivity index (χ0v) is 10.5. The van der Waals surface area contributed by atoms with Gasteiger partial charge in [-0.05, 0) is 31.2 Å². The Morgan fingerprint density at radius 1 is 1.33 bits per heavy atom. The molecule has 0 atom stereocenters. The van der Waals surface area contributed by atoms with Crippen LogP contribution >= 0.6 is 11.6 Å². The molecule has 2 N–H and O–H groups in total. The summed E-state index contributed by atoms with van der Waals surface area (Å²) in [5.74, 6) is 0.334. The summed E-state index contributed by atoms with van der Waals surface area (Å²) in [6.07, 6.45) is 0. The predicted molar refractivity (Wildman–Crippen MR) is 69.1 cm³/mol. The number of aryl methyl sites for hydroxylation is 1. The molecular weight excluding hydrogens is 255 g/mol. The highest BCUT2D eigenvalue weighted by Gasteiger charge is 2.06. The number of ether oxygens (including phenoxy) is 1. The summed E-state index contributed by atoms with van der Waals surface area (Å²) in [4.78, 5) is 4.06. The first-order valence-corrected chi connectivity index (χ1v) is 5.74. The van der Waals surface area contributed by atoms with Crippen LogP contribution in [0.3, 0.4) is 0 Å². The van der Waals surface area contributed by atoms with Crippen molar-refractivity contribution in [2.24, 2.45) is 0 Å². The SMILES string of the molecule is Cc1ccc(OCc2ccc(Cl)cc2F)c(N)n1. The number of hydrogen-bond acceptors (Lipinski definition) is 3. The molecule has 18 heavy (non-hydrogen) atoms. The minimum absolute atomic E-state index is 0.0813. The third kappa shape index (κ3) is 2.90. The molecule has 0 saturated heterocycles. The number of anilines is 1. The zero-order valence-electron chi connectivity index (χ0n) is 9.78. The Labute approximate surface area is 109 Å². The topological polar surface area (TPSA) is 48.1 Å². The Morgan fingerprint density at radius 2 is 2.11 bits per heavy atom. The van der Waals surface area contributed by atoms with E-state index in [1.54, 1.807) is 24.3 Å². The smallest absolute Gasteiger partial charge is 0.166 e. The number of aromatic nitrogens is 1. The molecule has 0 unspecified atom stereocenters. The van der Waals surface area contributed by atoms with Crippen molar-refractivity contribution in [1.82, 2.24) is 4.98 Å². The lowest BCUT2D eigenvalue weighted by atomic mass is 10.2. The van der Waals surface area contributed by atoms with Gasteiger partial charge in [-0.2, -0.15) is 0 Å². The van der Waals surface area contributed by atoms with Crippen LogP contribution in [0, 0.1) is 12.7 Å². The second-order valence-electron chi connectivity index (χ2n) is 3.86. The molecule has 2 aromatic rings. The normalized spacial score (nSPS) is 10.4. The van der Waals surface area contributed by atoms with E-state index in [-0.39, 0.29) is 6.61 Å². The molecule has 0 aliphatic heterocycles. The molecule has 0 aliphatic rings. The van der Waals surface area contributed by atoms with E-state index in [0.29, 0.717) is 22.2 Å². The van der Waals surface area contributed by atoms with Gasteiger partial charge in [0.15, 0.2) is 11.6 Å². The molecule has 3 nitrogen and oxygen atoms in total. The highest BCUT2D eigenvalue weighted by Crippen LogP contribution is 2.21. The van der Waals surface area contributed by atoms with Crippen molar-refractivity contribution < 1.29 is 9.13 Å². The van der Waals surface area contributed by atoms with Crippen LogP contribution in [0.1, 0.15) is 11.3 Å². The molecule has 0 fully saturated rings. The first kappa shape index (κ1) is 12.6. The summed E-state index contributed by atoms with van der Waals surface area (Å²) in [7, 11) is 0. The Kier molecular flexibility index (Phi) is 3.67. The maximum Gasteiger partial charge on any atom is 0.166 e. The van der Waals surface area contributed by atoms with Gasteiger partial charge in [0.2, 0.25) is 0 Å². The minimum Gasteiger partial charge on any atom is -0.485 e. The van der Waals surface area contributed by atoms with Crippen LogP contribution in [0.4, 0.5) is 10.2 Å². The number of rotatable bonds is 3. The van der Waals surface area contributed by atoms with Crippen molar-refractivity contribution in [2.45, 2.75) is 13.5 Å². The number of nitrogens with two attached hydrogens (primary N) is 1. The van der Waals surface area contributed by atoms with Gasteiger partial charge in [0.25, 0.3) is 0 Å². The van der Waals surface area contributed by atoms with Crippen molar-refractivity contribution in [1.29, 1.82) is 0 Å². The summed E-state index contributed by atoms with van der Waals surface area (Å²) in [6.45, 7) is 1.91. The van der Waals surface area contributed by atoms with E-state index in [9.17, 15) is 4.39 Å². The van der Waals surface area contributed by atoms with E-state index in [1.165, 1.54) is 6.07 Å². The van der Waals surface area contributed by atoms with Gasteiger partial charge in [-0.3, -0.25) is 0 Å². The molecule has 94 valence electrons. The summed E-state index contributed by atoms with van der Waals surface area (Å²) in [5.41, 5.74) is 6.92. The van der Waals surface area contributed by atoms with E-state index in [0.717, 1.165) is 5.69 Å². The maximum atomic E-state index is 13.5. The van der Waals surface area contributed by atoms with Crippen LogP contribution < -0.4 is 10.5 Å². The molecule has 1 aromatic heterocycles. The lowest BCUT2D eigenvalue weighted by Gasteiger charge is -2.09. The summed E-state index contributed by atoms with van der Waals surface area (Å²) in [5, 5.41) is 0.354. The van der Waals surface area contributed by atoms with Gasteiger partial charge in [0.1, 0.15) is 12.4 Å². The summed E-state index contributed by atoms with van der Waals surface area (Å²) in [6, 6.07) is 7.93. The summed E-state index contributed by atoms with van der Waals surface area (Å²) < 4.78 is 18.9. The number of halogens is 2. The van der Waals surface area contributed by atoms with Crippen molar-refractivity contribution in [3.63, 3.8) is 0 Å². The fraction of sp³-hybridized carbons (Fsp3) is 0.154. The second-order valence-corrected chi connectivity index (χ2v) is 4.30. The van der Waals surface area contributed by atoms with Crippen molar-refractivity contribution >= 4 is 17.4 Å². The third-order valence-corrected chi connectivity index (χ3v) is 2.66. The predicted octanol–water partition coefficient (Wildman–Crippen LogP) is 3.34. The molecule has 1 aromatic carbocycles. The van der Waals surface area contributed by atoms with Crippen molar-refractivity contribution in [2.75, 3.05) is 5.73 Å². The lowest BCUT2D eigenvalue weighted by molar-refractivity contribution is 0.300. The molecule has 0 amide bonds. The average Bonchev–Trinajstić information content (AvgIpc) is 2.30. The van der Waals surface area contributed by atoms with Crippen molar-refractivity contribution in [3.05, 3.63) is 52.4 Å². The standard InChI is InChI=1S/C13H12ClFN2O/c1-8-2-5-12(13(16)17-8)18-7-9-3-4-10(14)6-11(9)15/h2-6H,7H2,1H3,(H2,16,17). The van der Waals surface area contributed by atoms with Crippen LogP contribution in [0.25, 0.3) is 0 Å². The zero-order chi connectivity index (χ0) is 13.1. The average molecular weight is 267 g/mol. The Morgan fingerprint density at radius 3 is 2.78 bits per heavy atom. The summed E-state index contributed by atoms with van der Waals surface area (Å²) >= 11 is 5.67. The molecule has 2 rings (SSSR count). The number of hydrogen-bond donors (Lipinski definition) is 1. The van der Waals surface area contributed by atoms with E-state index < -0.39 is 5.82 Å². The van der Waals surface area contributed by atoms with Gasteiger partial charge in [-0.25, -0.2) is 9.37 Å². The van der Waals surface area contributed by atoms with Crippen LogP contribution in [0.15, 0.2) is 30.3 Å². The van der Waals surface area contributed by atoms with Crippen LogP contribution in [0.2, 0.25) is 5.02 Å². The monoisotopic (exact) mass is 266 g/mol. The number of pyridine rings is 1. The highest BCUT2D eigenvalue weighted by molar-refractivity contribution is 6.30. The minimum atomic E-state index is -0.402. The van der Waals surface area contributed by atoms with E-state index >= 15 is 0 Å². The van der Waals surface area contributed by atoms with Gasteiger partial charge >= 0.3 is 0 Å². The van der Waals surface area contributed by atoms with Crippen LogP contribution in [0.5, 0.6) is 5.75 Å². The first-order valence-electron chi connectivity index (χ1n) is 5.36. The number of benzene rings is 1. The second kappa shape index (κ2) is 5.23. The quantitative estimate of drug-likeness (QED) is 0.927. The van der Waals surface area contributed by atoms with E-state index in [1.807, 2.05) is 6.92 Å². The van der Waals surface area contributed by atoms with Gasteiger partial charge in [0, 0.05) is 16.3 Å². The van der Waals surface area contributed by atoms with Crippen LogP contribution in [-0.4, -0.2) is 4.98 Å². The fourth-order valence-electron chi connectivity index (χ4n) is 1.48. The maximum absolute atomic E-state index is 13.5. The Hall–Kier alpha value is -1.81. The van der Waals surface area contributed by atoms with Gasteiger partial charge in [-0.15, -0.1) is 0 Å². The van der Waals surface area contributed by atoms with Crippen molar-refractivity contribution in [3.8, 4) is 5.75 Å². The first-order chi connectivity index (χ1) is 8.56. The highest BCUT2D eigenvalue weighted by atomic mass is 35.5. The Balaban J connectivity index is 2.11. The van der Waals surface area contributed by atoms with E-state index in [4.69, 9.17) is 22.1 Å². The number of nitrogens with zero attached hydrogens (tertiary/aromatic N) is 1. The molecule has 0 aliphatic carbocycles. The van der Waals surface area contributed by atoms with Crippen LogP contribution in [-0.2, 0) is 6.61 Å². The molecule has 0 bridgehead atoms. The van der Waals surface area contributed by atoms with Gasteiger partial charge < -0.3 is 10.5 Å². The largest absolute Gasteiger partial charge is 0.485 e. The molecule has 1 heterocycles. The fourth-order valence-corrected chi connectivity index (χ4v) is 1.64. The van der Waals surface area contributed by atoms with Gasteiger partial charge in [0.05, 0.1) is 0 Å². The number of nitrogen functional groups attached to an aromatic ring is 1. The molecule has 5 heteroatoms. The molecule has 0 saturated carbocycles. The Bertz CT molecular complexity index is 523. The van der Waals surface area contributed by atoms with E-state index in [2.05, 4.69) is 4.98 Å². The molecule has 0 radical (unpaired) electrons.